The van der Waals surface area contributed by atoms with Gasteiger partial charge in [-0.15, -0.1) is 0 Å². The van der Waals surface area contributed by atoms with E-state index in [1.54, 1.807) is 30.3 Å². The Morgan fingerprint density at radius 1 is 1.00 bits per heavy atom. The van der Waals surface area contributed by atoms with Crippen molar-refractivity contribution in [1.29, 1.82) is 5.26 Å². The van der Waals surface area contributed by atoms with Crippen molar-refractivity contribution in [2.75, 3.05) is 17.2 Å². The molecule has 0 saturated heterocycles. The van der Waals surface area contributed by atoms with Gasteiger partial charge in [-0.05, 0) is 76.1 Å². The van der Waals surface area contributed by atoms with Crippen LogP contribution in [0.3, 0.4) is 0 Å². The zero-order chi connectivity index (χ0) is 22.9. The Labute approximate surface area is 193 Å². The van der Waals surface area contributed by atoms with Gasteiger partial charge in [-0.25, -0.2) is 0 Å². The Hall–Kier alpha value is -4.09. The van der Waals surface area contributed by atoms with Crippen LogP contribution < -0.4 is 15.4 Å². The summed E-state index contributed by atoms with van der Waals surface area (Å²) in [5.74, 6) is -0.363. The maximum absolute atomic E-state index is 12.4. The number of hydrogen-bond donors (Lipinski definition) is 3. The Morgan fingerprint density at radius 2 is 1.69 bits per heavy atom. The number of rotatable bonds is 7. The maximum atomic E-state index is 12.4. The van der Waals surface area contributed by atoms with E-state index in [1.807, 2.05) is 24.3 Å². The molecule has 160 valence electrons. The number of ether oxygens (including phenoxy) is 1. The molecule has 0 aliphatic carbocycles. The molecule has 0 bridgehead atoms. The van der Waals surface area contributed by atoms with Gasteiger partial charge in [-0.2, -0.15) is 5.26 Å². The van der Waals surface area contributed by atoms with Crippen LogP contribution >= 0.6 is 15.9 Å². The number of nitrogens with zero attached hydrogens (tertiary/aromatic N) is 1. The lowest BCUT2D eigenvalue weighted by molar-refractivity contribution is -0.118. The molecule has 2 amide bonds. The van der Waals surface area contributed by atoms with Gasteiger partial charge in [0, 0.05) is 11.4 Å². The summed E-state index contributed by atoms with van der Waals surface area (Å²) in [5.41, 5.74) is 1.62. The third-order valence-electron chi connectivity index (χ3n) is 4.17. The highest BCUT2D eigenvalue weighted by Gasteiger charge is 2.11. The average molecular weight is 492 g/mol. The van der Waals surface area contributed by atoms with Crippen LogP contribution in [-0.2, 0) is 9.59 Å². The number of phenols is 1. The molecule has 0 radical (unpaired) electrons. The summed E-state index contributed by atoms with van der Waals surface area (Å²) in [6.07, 6.45) is 1.44. The molecule has 3 rings (SSSR count). The highest BCUT2D eigenvalue weighted by Crippen LogP contribution is 2.27. The summed E-state index contributed by atoms with van der Waals surface area (Å²) < 4.78 is 6.11. The number of para-hydroxylation sites is 1. The number of phenolic OH excluding ortho intramolecular Hbond substituents is 1. The number of carbonyl (C=O) groups excluding carboxylic acids is 2. The van der Waals surface area contributed by atoms with Crippen LogP contribution in [0.1, 0.15) is 5.56 Å². The van der Waals surface area contributed by atoms with Crippen molar-refractivity contribution in [3.63, 3.8) is 0 Å². The Morgan fingerprint density at radius 3 is 2.34 bits per heavy atom. The van der Waals surface area contributed by atoms with Gasteiger partial charge in [0.15, 0.2) is 6.61 Å². The first-order valence-corrected chi connectivity index (χ1v) is 10.2. The topological polar surface area (TPSA) is 111 Å². The predicted molar refractivity (Wildman–Crippen MR) is 125 cm³/mol. The number of anilines is 2. The fourth-order valence-electron chi connectivity index (χ4n) is 2.64. The minimum Gasteiger partial charge on any atom is -0.508 e. The molecule has 32 heavy (non-hydrogen) atoms. The molecule has 0 unspecified atom stereocenters. The van der Waals surface area contributed by atoms with Gasteiger partial charge in [0.2, 0.25) is 0 Å². The second-order valence-corrected chi connectivity index (χ2v) is 7.42. The number of carbonyl (C=O) groups is 2. The molecule has 3 N–H and O–H groups in total. The second-order valence-electron chi connectivity index (χ2n) is 6.56. The monoisotopic (exact) mass is 491 g/mol. The molecule has 0 aliphatic rings. The first kappa shape index (κ1) is 22.6. The molecule has 3 aromatic carbocycles. The van der Waals surface area contributed by atoms with E-state index in [9.17, 15) is 20.0 Å². The molecule has 0 fully saturated rings. The fourth-order valence-corrected chi connectivity index (χ4v) is 3.16. The van der Waals surface area contributed by atoms with Gasteiger partial charge < -0.3 is 20.5 Å². The third kappa shape index (κ3) is 6.45. The van der Waals surface area contributed by atoms with Crippen LogP contribution in [0.4, 0.5) is 11.4 Å². The van der Waals surface area contributed by atoms with Gasteiger partial charge in [0.05, 0.1) is 4.47 Å². The van der Waals surface area contributed by atoms with E-state index >= 15 is 0 Å². The lowest BCUT2D eigenvalue weighted by Gasteiger charge is -2.10. The lowest BCUT2D eigenvalue weighted by atomic mass is 10.1. The van der Waals surface area contributed by atoms with Crippen LogP contribution in [0.15, 0.2) is 82.8 Å². The highest BCUT2D eigenvalue weighted by atomic mass is 79.9. The molecule has 7 nitrogen and oxygen atoms in total. The SMILES string of the molecule is N#C/C(=C\c1ccc(OCC(=O)Nc2ccccc2)c(Br)c1)C(=O)Nc1ccc(O)cc1. The van der Waals surface area contributed by atoms with Crippen LogP contribution in [0.2, 0.25) is 0 Å². The van der Waals surface area contributed by atoms with Gasteiger partial charge in [0.25, 0.3) is 11.8 Å². The van der Waals surface area contributed by atoms with E-state index in [1.165, 1.54) is 30.3 Å². The van der Waals surface area contributed by atoms with Crippen molar-refractivity contribution in [3.05, 3.63) is 88.4 Å². The smallest absolute Gasteiger partial charge is 0.266 e. The zero-order valence-electron chi connectivity index (χ0n) is 16.7. The Kier molecular flexibility index (Phi) is 7.62. The molecule has 8 heteroatoms. The zero-order valence-corrected chi connectivity index (χ0v) is 18.3. The number of nitriles is 1. The van der Waals surface area contributed by atoms with Crippen molar-refractivity contribution < 1.29 is 19.4 Å². The van der Waals surface area contributed by atoms with Crippen molar-refractivity contribution >= 4 is 45.2 Å². The highest BCUT2D eigenvalue weighted by molar-refractivity contribution is 9.10. The van der Waals surface area contributed by atoms with E-state index < -0.39 is 5.91 Å². The van der Waals surface area contributed by atoms with Gasteiger partial charge in [0.1, 0.15) is 23.1 Å². The summed E-state index contributed by atoms with van der Waals surface area (Å²) in [6, 6.07) is 21.8. The summed E-state index contributed by atoms with van der Waals surface area (Å²) in [5, 5.41) is 24.0. The quantitative estimate of drug-likeness (QED) is 0.251. The predicted octanol–water partition coefficient (Wildman–Crippen LogP) is 4.72. The molecule has 0 aliphatic heterocycles. The van der Waals surface area contributed by atoms with Crippen molar-refractivity contribution in [2.24, 2.45) is 0 Å². The molecule has 3 aromatic rings. The number of amides is 2. The summed E-state index contributed by atoms with van der Waals surface area (Å²) in [4.78, 5) is 24.4. The number of hydrogen-bond acceptors (Lipinski definition) is 5. The summed E-state index contributed by atoms with van der Waals surface area (Å²) in [7, 11) is 0. The minimum absolute atomic E-state index is 0.0729. The molecular weight excluding hydrogens is 474 g/mol. The second kappa shape index (κ2) is 10.8. The first-order valence-electron chi connectivity index (χ1n) is 9.44. The van der Waals surface area contributed by atoms with E-state index in [0.717, 1.165) is 0 Å². The average Bonchev–Trinajstić information content (AvgIpc) is 2.79. The van der Waals surface area contributed by atoms with Gasteiger partial charge in [-0.3, -0.25) is 9.59 Å². The van der Waals surface area contributed by atoms with Crippen LogP contribution in [-0.4, -0.2) is 23.5 Å². The molecule has 0 saturated carbocycles. The molecule has 0 atom stereocenters. The van der Waals surface area contributed by atoms with Crippen LogP contribution in [0.25, 0.3) is 6.08 Å². The van der Waals surface area contributed by atoms with Gasteiger partial charge in [-0.1, -0.05) is 24.3 Å². The van der Waals surface area contributed by atoms with E-state index in [-0.39, 0.29) is 23.8 Å². The van der Waals surface area contributed by atoms with Gasteiger partial charge >= 0.3 is 0 Å². The van der Waals surface area contributed by atoms with E-state index in [2.05, 4.69) is 26.6 Å². The standard InChI is InChI=1S/C24H18BrN3O4/c25-21-13-16(12-17(14-26)24(31)28-19-7-9-20(29)10-8-19)6-11-22(21)32-15-23(30)27-18-4-2-1-3-5-18/h1-13,29H,15H2,(H,27,30)(H,28,31)/b17-12+. The minimum atomic E-state index is -0.577. The van der Waals surface area contributed by atoms with Crippen molar-refractivity contribution in [1.82, 2.24) is 0 Å². The lowest BCUT2D eigenvalue weighted by Crippen LogP contribution is -2.20. The van der Waals surface area contributed by atoms with Crippen LogP contribution in [0.5, 0.6) is 11.5 Å². The molecule has 0 spiro atoms. The largest absolute Gasteiger partial charge is 0.508 e. The molecule has 0 heterocycles. The third-order valence-corrected chi connectivity index (χ3v) is 4.79. The normalized spacial score (nSPS) is 10.7. The molecular formula is C24H18BrN3O4. The fraction of sp³-hybridized carbons (Fsp3) is 0.0417. The Bertz CT molecular complexity index is 1190. The first-order chi connectivity index (χ1) is 15.4. The number of aromatic hydroxyl groups is 1. The van der Waals surface area contributed by atoms with E-state index in [4.69, 9.17) is 4.74 Å². The Balaban J connectivity index is 1.63. The number of halogens is 1. The number of nitrogens with one attached hydrogen (secondary N) is 2. The number of benzene rings is 3. The summed E-state index contributed by atoms with van der Waals surface area (Å²) in [6.45, 7) is -0.179. The maximum Gasteiger partial charge on any atom is 0.266 e. The van der Waals surface area contributed by atoms with Crippen molar-refractivity contribution in [3.8, 4) is 17.6 Å². The van der Waals surface area contributed by atoms with Crippen LogP contribution in [0, 0.1) is 11.3 Å². The molecule has 0 aromatic heterocycles. The van der Waals surface area contributed by atoms with Crippen molar-refractivity contribution in [2.45, 2.75) is 0 Å². The van der Waals surface area contributed by atoms with E-state index in [0.29, 0.717) is 27.2 Å². The summed E-state index contributed by atoms with van der Waals surface area (Å²) >= 11 is 3.38.